The zero-order valence-corrected chi connectivity index (χ0v) is 17.5. The number of para-hydroxylation sites is 1. The topological polar surface area (TPSA) is 9.23 Å². The van der Waals surface area contributed by atoms with E-state index in [1.54, 1.807) is 0 Å². The van der Waals surface area contributed by atoms with Crippen LogP contribution in [0.2, 0.25) is 0 Å². The molecule has 0 bridgehead atoms. The third-order valence-electron chi connectivity index (χ3n) is 4.99. The van der Waals surface area contributed by atoms with E-state index in [4.69, 9.17) is 6.11 Å². The highest BCUT2D eigenvalue weighted by molar-refractivity contribution is 5.44. The molecular weight excluding hydrogens is 304 g/mol. The number of hydrogen-bond donors (Lipinski definition) is 0. The first kappa shape index (κ1) is 20.3. The Morgan fingerprint density at radius 2 is 1.20 bits per heavy atom. The molecule has 0 radical (unpaired) electrons. The molecular formula is C24H42O. The van der Waals surface area contributed by atoms with Crippen molar-refractivity contribution >= 4 is 0 Å². The van der Waals surface area contributed by atoms with Crippen molar-refractivity contribution in [1.29, 1.82) is 0 Å². The van der Waals surface area contributed by atoms with Crippen LogP contribution in [-0.4, -0.2) is 6.61 Å². The minimum absolute atomic E-state index is 0.389. The van der Waals surface area contributed by atoms with Crippen molar-refractivity contribution in [2.45, 2.75) is 111 Å². The Morgan fingerprint density at radius 3 is 1.64 bits per heavy atom. The minimum Gasteiger partial charge on any atom is -0.493 e. The predicted octanol–water partition coefficient (Wildman–Crippen LogP) is 8.23. The number of hydrogen-bond acceptors (Lipinski definition) is 1. The van der Waals surface area contributed by atoms with Gasteiger partial charge in [0.25, 0.3) is 0 Å². The second-order valence-corrected chi connectivity index (χ2v) is 8.03. The van der Waals surface area contributed by atoms with Crippen LogP contribution in [0.3, 0.4) is 0 Å². The molecule has 0 aliphatic carbocycles. The van der Waals surface area contributed by atoms with Crippen LogP contribution in [0.25, 0.3) is 0 Å². The number of unbranched alkanes of at least 4 members (excludes halogenated alkanes) is 9. The van der Waals surface area contributed by atoms with Crippen molar-refractivity contribution in [3.05, 3.63) is 29.3 Å². The van der Waals surface area contributed by atoms with Crippen LogP contribution in [0.15, 0.2) is 18.2 Å². The van der Waals surface area contributed by atoms with E-state index in [-0.39, 0.29) is 0 Å². The molecule has 0 aliphatic rings. The van der Waals surface area contributed by atoms with E-state index in [2.05, 4.69) is 34.6 Å². The Morgan fingerprint density at radius 1 is 0.760 bits per heavy atom. The van der Waals surface area contributed by atoms with Crippen molar-refractivity contribution in [2.24, 2.45) is 0 Å². The summed E-state index contributed by atoms with van der Waals surface area (Å²) in [4.78, 5) is 0. The molecule has 0 saturated carbocycles. The highest BCUT2D eigenvalue weighted by Gasteiger charge is 2.14. The molecule has 1 heteroatoms. The quantitative estimate of drug-likeness (QED) is 0.308. The van der Waals surface area contributed by atoms with Gasteiger partial charge in [0.05, 0.1) is 7.98 Å². The van der Waals surface area contributed by atoms with Gasteiger partial charge in [-0.15, -0.1) is 0 Å². The molecule has 1 aromatic carbocycles. The summed E-state index contributed by atoms with van der Waals surface area (Å²) in [7, 11) is 0. The molecule has 0 N–H and O–H groups in total. The molecule has 0 saturated heterocycles. The van der Waals surface area contributed by atoms with Crippen LogP contribution < -0.4 is 4.74 Å². The first-order valence-corrected chi connectivity index (χ1v) is 10.7. The average molecular weight is 349 g/mol. The van der Waals surface area contributed by atoms with Crippen LogP contribution in [0.4, 0.5) is 0 Å². The monoisotopic (exact) mass is 348 g/mol. The van der Waals surface area contributed by atoms with Crippen molar-refractivity contribution in [2.75, 3.05) is 6.61 Å². The lowest BCUT2D eigenvalue weighted by atomic mass is 9.94. The van der Waals surface area contributed by atoms with Crippen LogP contribution in [-0.2, 0) is 0 Å². The molecule has 1 aromatic rings. The maximum absolute atomic E-state index is 8.07. The Labute approximate surface area is 159 Å². The summed E-state index contributed by atoms with van der Waals surface area (Å²) in [6.45, 7) is 11.8. The summed E-state index contributed by atoms with van der Waals surface area (Å²) in [6.07, 6.45) is 13.5. The van der Waals surface area contributed by atoms with Gasteiger partial charge in [-0.05, 0) is 29.4 Å². The fourth-order valence-electron chi connectivity index (χ4n) is 3.31. The van der Waals surface area contributed by atoms with E-state index >= 15 is 0 Å². The van der Waals surface area contributed by atoms with Gasteiger partial charge in [0.1, 0.15) is 5.75 Å². The van der Waals surface area contributed by atoms with Gasteiger partial charge in [-0.3, -0.25) is 0 Å². The first-order valence-electron chi connectivity index (χ1n) is 11.2. The largest absolute Gasteiger partial charge is 0.493 e. The maximum atomic E-state index is 8.07. The minimum atomic E-state index is 0.389. The number of rotatable bonds is 14. The third kappa shape index (κ3) is 8.79. The molecule has 0 aromatic heterocycles. The number of benzene rings is 1. The molecule has 25 heavy (non-hydrogen) atoms. The van der Waals surface area contributed by atoms with Crippen LogP contribution in [0.1, 0.15) is 123 Å². The summed E-state index contributed by atoms with van der Waals surface area (Å²) in [5.74, 6) is 1.82. The van der Waals surface area contributed by atoms with Gasteiger partial charge in [-0.2, -0.15) is 0 Å². The smallest absolute Gasteiger partial charge is 0.126 e. The van der Waals surface area contributed by atoms with Crippen molar-refractivity contribution in [1.82, 2.24) is 0 Å². The van der Waals surface area contributed by atoms with Gasteiger partial charge in [0, 0.05) is 0 Å². The molecule has 144 valence electrons. The van der Waals surface area contributed by atoms with Crippen LogP contribution in [0, 0.1) is 0 Å². The van der Waals surface area contributed by atoms with Crippen molar-refractivity contribution < 1.29 is 6.11 Å². The molecule has 0 atom stereocenters. The third-order valence-corrected chi connectivity index (χ3v) is 4.99. The SMILES string of the molecule is [3H]c1cc(C(C)C)c(OCCCCCCCCCCCC)c(C(C)C)c1. The van der Waals surface area contributed by atoms with Crippen molar-refractivity contribution in [3.8, 4) is 5.75 Å². The summed E-state index contributed by atoms with van der Waals surface area (Å²) in [6, 6.07) is 4.55. The molecule has 0 spiro atoms. The Balaban J connectivity index is 2.34. The lowest BCUT2D eigenvalue weighted by Gasteiger charge is -2.20. The molecule has 0 fully saturated rings. The number of ether oxygens (including phenoxy) is 1. The second-order valence-electron chi connectivity index (χ2n) is 8.03. The Kier molecular flexibility index (Phi) is 10.8. The standard InChI is InChI=1S/C24H42O/c1-6-7-8-9-10-11-12-13-14-15-19-25-24-22(20(2)3)17-16-18-23(24)21(4)5/h16-18,20-21H,6-15,19H2,1-5H3/i16T. The van der Waals surface area contributed by atoms with E-state index in [0.717, 1.165) is 18.8 Å². The van der Waals surface area contributed by atoms with E-state index < -0.39 is 0 Å². The second kappa shape index (κ2) is 13.3. The lowest BCUT2D eigenvalue weighted by Crippen LogP contribution is -2.05. The van der Waals surface area contributed by atoms with E-state index in [9.17, 15) is 0 Å². The van der Waals surface area contributed by atoms with Gasteiger partial charge in [-0.25, -0.2) is 0 Å². The van der Waals surface area contributed by atoms with Crippen LogP contribution in [0.5, 0.6) is 5.75 Å². The lowest BCUT2D eigenvalue weighted by molar-refractivity contribution is 0.296. The summed E-state index contributed by atoms with van der Waals surface area (Å²) >= 11 is 0. The molecule has 0 amide bonds. The fourth-order valence-corrected chi connectivity index (χ4v) is 3.31. The zero-order chi connectivity index (χ0) is 19.4. The van der Waals surface area contributed by atoms with Gasteiger partial charge in [-0.1, -0.05) is 111 Å². The summed E-state index contributed by atoms with van der Waals surface area (Å²) in [5.41, 5.74) is 2.38. The highest BCUT2D eigenvalue weighted by atomic mass is 16.5. The predicted molar refractivity (Wildman–Crippen MR) is 112 cm³/mol. The van der Waals surface area contributed by atoms with Crippen molar-refractivity contribution in [3.63, 3.8) is 0 Å². The van der Waals surface area contributed by atoms with Gasteiger partial charge in [0.15, 0.2) is 0 Å². The molecule has 0 aliphatic heterocycles. The fraction of sp³-hybridized carbons (Fsp3) is 0.750. The molecule has 0 heterocycles. The molecule has 0 unspecified atom stereocenters. The highest BCUT2D eigenvalue weighted by Crippen LogP contribution is 2.34. The van der Waals surface area contributed by atoms with E-state index in [0.29, 0.717) is 17.9 Å². The van der Waals surface area contributed by atoms with Gasteiger partial charge < -0.3 is 4.74 Å². The van der Waals surface area contributed by atoms with E-state index in [1.165, 1.54) is 68.9 Å². The summed E-state index contributed by atoms with van der Waals surface area (Å²) < 4.78 is 14.3. The van der Waals surface area contributed by atoms with Gasteiger partial charge >= 0.3 is 0 Å². The summed E-state index contributed by atoms with van der Waals surface area (Å²) in [5, 5.41) is 0. The Hall–Kier alpha value is -0.980. The maximum Gasteiger partial charge on any atom is 0.126 e. The van der Waals surface area contributed by atoms with Gasteiger partial charge in [0.2, 0.25) is 0 Å². The van der Waals surface area contributed by atoms with Crippen LogP contribution >= 0.6 is 0 Å². The average Bonchev–Trinajstić information content (AvgIpc) is 2.59. The molecule has 1 nitrogen and oxygen atoms in total. The van der Waals surface area contributed by atoms with E-state index in [1.807, 2.05) is 12.1 Å². The zero-order valence-electron chi connectivity index (χ0n) is 18.5. The Bertz CT molecular complexity index is 464. The molecule has 1 rings (SSSR count). The first-order chi connectivity index (χ1) is 12.5. The normalized spacial score (nSPS) is 12.0.